The quantitative estimate of drug-likeness (QED) is 0.916. The van der Waals surface area contributed by atoms with Gasteiger partial charge in [-0.1, -0.05) is 38.2 Å². The van der Waals surface area contributed by atoms with Crippen LogP contribution in [0.3, 0.4) is 0 Å². The second-order valence-corrected chi connectivity index (χ2v) is 7.64. The highest BCUT2D eigenvalue weighted by molar-refractivity contribution is 7.15. The van der Waals surface area contributed by atoms with E-state index in [2.05, 4.69) is 36.3 Å². The van der Waals surface area contributed by atoms with Crippen molar-refractivity contribution in [3.8, 4) is 0 Å². The number of ether oxygens (including phenoxy) is 1. The van der Waals surface area contributed by atoms with Gasteiger partial charge in [-0.25, -0.2) is 8.78 Å². The van der Waals surface area contributed by atoms with Gasteiger partial charge in [0.2, 0.25) is 5.13 Å². The van der Waals surface area contributed by atoms with Crippen LogP contribution >= 0.6 is 11.3 Å². The van der Waals surface area contributed by atoms with Gasteiger partial charge in [0.1, 0.15) is 11.1 Å². The SMILES string of the molecule is CC(C)(C)c1nnc(NC2CCOC2c2ccc(F)c(F)c2)s1. The van der Waals surface area contributed by atoms with Crippen molar-refractivity contribution in [1.82, 2.24) is 10.2 Å². The Hall–Kier alpha value is -1.60. The first-order valence-corrected chi connectivity index (χ1v) is 8.33. The van der Waals surface area contributed by atoms with Crippen LogP contribution in [0.15, 0.2) is 18.2 Å². The van der Waals surface area contributed by atoms with E-state index in [1.54, 1.807) is 6.07 Å². The van der Waals surface area contributed by atoms with E-state index in [1.807, 2.05) is 0 Å². The molecule has 1 fully saturated rings. The lowest BCUT2D eigenvalue weighted by atomic mass is 9.98. The highest BCUT2D eigenvalue weighted by Crippen LogP contribution is 2.34. The summed E-state index contributed by atoms with van der Waals surface area (Å²) in [6.07, 6.45) is 0.445. The Labute approximate surface area is 137 Å². The van der Waals surface area contributed by atoms with E-state index in [0.29, 0.717) is 12.2 Å². The van der Waals surface area contributed by atoms with Crippen molar-refractivity contribution in [3.05, 3.63) is 40.4 Å². The minimum Gasteiger partial charge on any atom is -0.371 e. The minimum absolute atomic E-state index is 0.0411. The Morgan fingerprint density at radius 2 is 2.00 bits per heavy atom. The number of rotatable bonds is 3. The smallest absolute Gasteiger partial charge is 0.206 e. The molecule has 1 N–H and O–H groups in total. The molecule has 7 heteroatoms. The van der Waals surface area contributed by atoms with Crippen LogP contribution in [0.25, 0.3) is 0 Å². The molecule has 0 saturated carbocycles. The number of anilines is 1. The topological polar surface area (TPSA) is 47.0 Å². The van der Waals surface area contributed by atoms with Crippen molar-refractivity contribution in [2.45, 2.75) is 44.8 Å². The van der Waals surface area contributed by atoms with Gasteiger partial charge >= 0.3 is 0 Å². The Balaban J connectivity index is 1.76. The Morgan fingerprint density at radius 3 is 2.65 bits per heavy atom. The first kappa shape index (κ1) is 16.3. The highest BCUT2D eigenvalue weighted by Gasteiger charge is 2.31. The first-order chi connectivity index (χ1) is 10.8. The van der Waals surface area contributed by atoms with Crippen molar-refractivity contribution in [3.63, 3.8) is 0 Å². The third kappa shape index (κ3) is 3.50. The predicted octanol–water partition coefficient (Wildman–Crippen LogP) is 4.06. The van der Waals surface area contributed by atoms with E-state index in [4.69, 9.17) is 4.74 Å². The van der Waals surface area contributed by atoms with Crippen molar-refractivity contribution in [2.75, 3.05) is 11.9 Å². The van der Waals surface area contributed by atoms with Gasteiger partial charge in [-0.3, -0.25) is 0 Å². The molecule has 2 atom stereocenters. The van der Waals surface area contributed by atoms with Crippen LogP contribution in [-0.2, 0) is 10.2 Å². The average molecular weight is 339 g/mol. The predicted molar refractivity (Wildman–Crippen MR) is 85.7 cm³/mol. The molecule has 23 heavy (non-hydrogen) atoms. The van der Waals surface area contributed by atoms with Crippen molar-refractivity contribution in [1.29, 1.82) is 0 Å². The fourth-order valence-corrected chi connectivity index (χ4v) is 3.36. The van der Waals surface area contributed by atoms with Crippen molar-refractivity contribution < 1.29 is 13.5 Å². The summed E-state index contributed by atoms with van der Waals surface area (Å²) >= 11 is 1.51. The Morgan fingerprint density at radius 1 is 1.22 bits per heavy atom. The molecule has 4 nitrogen and oxygen atoms in total. The zero-order valence-electron chi connectivity index (χ0n) is 13.3. The zero-order valence-corrected chi connectivity index (χ0v) is 14.1. The lowest BCUT2D eigenvalue weighted by molar-refractivity contribution is 0.107. The molecule has 0 amide bonds. The number of nitrogens with one attached hydrogen (secondary N) is 1. The Kier molecular flexibility index (Phi) is 4.33. The van der Waals surface area contributed by atoms with Gasteiger partial charge in [0.15, 0.2) is 11.6 Å². The summed E-state index contributed by atoms with van der Waals surface area (Å²) in [5.74, 6) is -1.71. The van der Waals surface area contributed by atoms with E-state index in [-0.39, 0.29) is 17.6 Å². The van der Waals surface area contributed by atoms with Gasteiger partial charge in [-0.2, -0.15) is 0 Å². The maximum atomic E-state index is 13.4. The molecule has 1 aromatic heterocycles. The van der Waals surface area contributed by atoms with E-state index in [0.717, 1.165) is 22.6 Å². The molecule has 2 heterocycles. The largest absolute Gasteiger partial charge is 0.371 e. The summed E-state index contributed by atoms with van der Waals surface area (Å²) in [6.45, 7) is 6.81. The molecule has 0 spiro atoms. The van der Waals surface area contributed by atoms with E-state index < -0.39 is 11.6 Å². The van der Waals surface area contributed by atoms with Crippen LogP contribution in [0.1, 0.15) is 43.9 Å². The number of benzene rings is 1. The normalized spacial score (nSPS) is 21.6. The van der Waals surface area contributed by atoms with Crippen LogP contribution in [-0.4, -0.2) is 22.8 Å². The molecular weight excluding hydrogens is 320 g/mol. The zero-order chi connectivity index (χ0) is 16.6. The fraction of sp³-hybridized carbons (Fsp3) is 0.500. The summed E-state index contributed by atoms with van der Waals surface area (Å²) in [4.78, 5) is 0. The van der Waals surface area contributed by atoms with E-state index in [1.165, 1.54) is 17.4 Å². The highest BCUT2D eigenvalue weighted by atomic mass is 32.1. The maximum absolute atomic E-state index is 13.4. The number of nitrogens with zero attached hydrogens (tertiary/aromatic N) is 2. The van der Waals surface area contributed by atoms with Crippen LogP contribution in [0.2, 0.25) is 0 Å². The molecule has 1 aliphatic rings. The standard InChI is InChI=1S/C16H19F2N3OS/c1-16(2,3)14-20-21-15(23-14)19-12-6-7-22-13(12)9-4-5-10(17)11(18)8-9/h4-5,8,12-13H,6-7H2,1-3H3,(H,19,21). The lowest BCUT2D eigenvalue weighted by Crippen LogP contribution is -2.23. The summed E-state index contributed by atoms with van der Waals surface area (Å²) in [5.41, 5.74) is 0.572. The second kappa shape index (κ2) is 6.13. The molecule has 2 unspecified atom stereocenters. The average Bonchev–Trinajstić information content (AvgIpc) is 3.11. The van der Waals surface area contributed by atoms with Gasteiger partial charge in [0.25, 0.3) is 0 Å². The monoisotopic (exact) mass is 339 g/mol. The number of aromatic nitrogens is 2. The summed E-state index contributed by atoms with van der Waals surface area (Å²) < 4.78 is 32.2. The number of hydrogen-bond donors (Lipinski definition) is 1. The van der Waals surface area contributed by atoms with E-state index >= 15 is 0 Å². The summed E-state index contributed by atoms with van der Waals surface area (Å²) in [5, 5.41) is 13.4. The summed E-state index contributed by atoms with van der Waals surface area (Å²) in [6, 6.07) is 3.84. The molecule has 1 saturated heterocycles. The maximum Gasteiger partial charge on any atom is 0.206 e. The van der Waals surface area contributed by atoms with E-state index in [9.17, 15) is 8.78 Å². The molecule has 2 aromatic rings. The molecular formula is C16H19F2N3OS. The molecule has 124 valence electrons. The molecule has 1 aliphatic heterocycles. The number of halogens is 2. The molecule has 0 aliphatic carbocycles. The first-order valence-electron chi connectivity index (χ1n) is 7.51. The van der Waals surface area contributed by atoms with Gasteiger partial charge < -0.3 is 10.1 Å². The van der Waals surface area contributed by atoms with Gasteiger partial charge in [-0.15, -0.1) is 10.2 Å². The minimum atomic E-state index is -0.859. The summed E-state index contributed by atoms with van der Waals surface area (Å²) in [7, 11) is 0. The third-order valence-electron chi connectivity index (χ3n) is 3.74. The van der Waals surface area contributed by atoms with Crippen LogP contribution in [0, 0.1) is 11.6 Å². The van der Waals surface area contributed by atoms with Gasteiger partial charge in [0.05, 0.1) is 6.04 Å². The van der Waals surface area contributed by atoms with Gasteiger partial charge in [-0.05, 0) is 24.1 Å². The second-order valence-electron chi connectivity index (χ2n) is 6.67. The Bertz CT molecular complexity index is 699. The van der Waals surface area contributed by atoms with Crippen LogP contribution in [0.5, 0.6) is 0 Å². The van der Waals surface area contributed by atoms with Crippen LogP contribution < -0.4 is 5.32 Å². The van der Waals surface area contributed by atoms with Gasteiger partial charge in [0, 0.05) is 12.0 Å². The van der Waals surface area contributed by atoms with Crippen molar-refractivity contribution >= 4 is 16.5 Å². The lowest BCUT2D eigenvalue weighted by Gasteiger charge is -2.19. The molecule has 0 bridgehead atoms. The number of hydrogen-bond acceptors (Lipinski definition) is 5. The molecule has 0 radical (unpaired) electrons. The third-order valence-corrected chi connectivity index (χ3v) is 5.02. The molecule has 3 rings (SSSR count). The molecule has 1 aromatic carbocycles. The van der Waals surface area contributed by atoms with Crippen LogP contribution in [0.4, 0.5) is 13.9 Å². The fourth-order valence-electron chi connectivity index (χ4n) is 2.50. The van der Waals surface area contributed by atoms with Crippen molar-refractivity contribution in [2.24, 2.45) is 0 Å².